The fraction of sp³-hybridized carbons (Fsp3) is 0.938. The summed E-state index contributed by atoms with van der Waals surface area (Å²) in [6.07, 6.45) is 3.34. The Bertz CT molecular complexity index is 306. The van der Waals surface area contributed by atoms with Crippen molar-refractivity contribution in [3.63, 3.8) is 0 Å². The number of carbonyl (C=O) groups is 1. The van der Waals surface area contributed by atoms with Crippen molar-refractivity contribution in [3.8, 4) is 0 Å². The van der Waals surface area contributed by atoms with Gasteiger partial charge in [-0.1, -0.05) is 34.1 Å². The van der Waals surface area contributed by atoms with Gasteiger partial charge in [-0.3, -0.25) is 10.1 Å². The van der Waals surface area contributed by atoms with E-state index in [4.69, 9.17) is 0 Å². The molecule has 20 heavy (non-hydrogen) atoms. The monoisotopic (exact) mass is 283 g/mol. The van der Waals surface area contributed by atoms with Crippen LogP contribution in [0.4, 0.5) is 0 Å². The standard InChI is InChI=1S/C16H33N3O/c1-7-9-14-16(20)19(15(17-14)12(3)4)11-10-18(6)13(5)8-2/h12-15,17H,7-11H2,1-6H3. The molecule has 3 unspecified atom stereocenters. The van der Waals surface area contributed by atoms with Gasteiger partial charge in [-0.15, -0.1) is 0 Å². The van der Waals surface area contributed by atoms with Gasteiger partial charge in [-0.05, 0) is 32.7 Å². The summed E-state index contributed by atoms with van der Waals surface area (Å²) in [5, 5.41) is 3.52. The van der Waals surface area contributed by atoms with Gasteiger partial charge in [0.05, 0.1) is 12.2 Å². The first-order chi connectivity index (χ1) is 9.42. The SMILES string of the molecule is CCCC1NC(C(C)C)N(CCN(C)C(C)CC)C1=O. The van der Waals surface area contributed by atoms with Crippen LogP contribution < -0.4 is 5.32 Å². The Hall–Kier alpha value is -0.610. The van der Waals surface area contributed by atoms with Gasteiger partial charge < -0.3 is 9.80 Å². The number of rotatable bonds is 8. The molecule has 0 aromatic carbocycles. The zero-order valence-corrected chi connectivity index (χ0v) is 14.1. The van der Waals surface area contributed by atoms with Crippen molar-refractivity contribution in [1.82, 2.24) is 15.1 Å². The van der Waals surface area contributed by atoms with E-state index in [9.17, 15) is 4.79 Å². The number of hydrogen-bond acceptors (Lipinski definition) is 3. The fourth-order valence-corrected chi connectivity index (χ4v) is 2.80. The first-order valence-corrected chi connectivity index (χ1v) is 8.19. The molecule has 4 nitrogen and oxygen atoms in total. The predicted octanol–water partition coefficient (Wildman–Crippen LogP) is 2.30. The molecule has 0 aromatic heterocycles. The predicted molar refractivity (Wildman–Crippen MR) is 84.6 cm³/mol. The molecule has 3 atom stereocenters. The number of nitrogens with zero attached hydrogens (tertiary/aromatic N) is 2. The lowest BCUT2D eigenvalue weighted by Crippen LogP contribution is -2.45. The van der Waals surface area contributed by atoms with Crippen LogP contribution in [0.15, 0.2) is 0 Å². The van der Waals surface area contributed by atoms with E-state index in [1.807, 2.05) is 0 Å². The molecule has 1 rings (SSSR count). The molecule has 1 amide bonds. The van der Waals surface area contributed by atoms with Crippen molar-refractivity contribution in [3.05, 3.63) is 0 Å². The van der Waals surface area contributed by atoms with Gasteiger partial charge in [0.25, 0.3) is 0 Å². The van der Waals surface area contributed by atoms with Gasteiger partial charge in [0.1, 0.15) is 0 Å². The maximum absolute atomic E-state index is 12.5. The van der Waals surface area contributed by atoms with Crippen molar-refractivity contribution >= 4 is 5.91 Å². The highest BCUT2D eigenvalue weighted by atomic mass is 16.2. The van der Waals surface area contributed by atoms with Crippen LogP contribution in [0.25, 0.3) is 0 Å². The van der Waals surface area contributed by atoms with E-state index in [-0.39, 0.29) is 12.2 Å². The summed E-state index contributed by atoms with van der Waals surface area (Å²) in [4.78, 5) is 16.9. The highest BCUT2D eigenvalue weighted by molar-refractivity contribution is 5.84. The first-order valence-electron chi connectivity index (χ1n) is 8.19. The van der Waals surface area contributed by atoms with E-state index >= 15 is 0 Å². The number of likely N-dealkylation sites (N-methyl/N-ethyl adjacent to an activating group) is 1. The van der Waals surface area contributed by atoms with Crippen molar-refractivity contribution in [2.45, 2.75) is 72.1 Å². The summed E-state index contributed by atoms with van der Waals surface area (Å²) in [6, 6.07) is 0.603. The maximum Gasteiger partial charge on any atom is 0.241 e. The lowest BCUT2D eigenvalue weighted by Gasteiger charge is -2.31. The van der Waals surface area contributed by atoms with Gasteiger partial charge in [0.2, 0.25) is 5.91 Å². The van der Waals surface area contributed by atoms with Crippen molar-refractivity contribution in [1.29, 1.82) is 0 Å². The molecule has 1 aliphatic rings. The molecule has 0 radical (unpaired) electrons. The Morgan fingerprint density at radius 2 is 1.95 bits per heavy atom. The minimum Gasteiger partial charge on any atom is -0.324 e. The summed E-state index contributed by atoms with van der Waals surface area (Å²) >= 11 is 0. The van der Waals surface area contributed by atoms with Crippen LogP contribution in [-0.4, -0.2) is 54.1 Å². The first kappa shape index (κ1) is 17.4. The minimum atomic E-state index is 0.0290. The van der Waals surface area contributed by atoms with Crippen LogP contribution in [0.2, 0.25) is 0 Å². The molecule has 0 bridgehead atoms. The molecule has 0 saturated carbocycles. The molecule has 1 fully saturated rings. The second-order valence-electron chi connectivity index (χ2n) is 6.47. The lowest BCUT2D eigenvalue weighted by molar-refractivity contribution is -0.130. The third-order valence-corrected chi connectivity index (χ3v) is 4.53. The van der Waals surface area contributed by atoms with E-state index in [0.29, 0.717) is 17.9 Å². The van der Waals surface area contributed by atoms with Gasteiger partial charge >= 0.3 is 0 Å². The molecule has 0 aliphatic carbocycles. The molecule has 118 valence electrons. The van der Waals surface area contributed by atoms with Crippen molar-refractivity contribution in [2.24, 2.45) is 5.92 Å². The summed E-state index contributed by atoms with van der Waals surface area (Å²) in [5.74, 6) is 0.748. The summed E-state index contributed by atoms with van der Waals surface area (Å²) in [7, 11) is 2.15. The van der Waals surface area contributed by atoms with Gasteiger partial charge in [-0.2, -0.15) is 0 Å². The minimum absolute atomic E-state index is 0.0290. The lowest BCUT2D eigenvalue weighted by atomic mass is 10.1. The number of nitrogens with one attached hydrogen (secondary N) is 1. The third kappa shape index (κ3) is 4.19. The fourth-order valence-electron chi connectivity index (χ4n) is 2.80. The Kier molecular flexibility index (Phi) is 6.96. The Balaban J connectivity index is 2.62. The molecular weight excluding hydrogens is 250 g/mol. The number of carbonyl (C=O) groups excluding carboxylic acids is 1. The third-order valence-electron chi connectivity index (χ3n) is 4.53. The van der Waals surface area contributed by atoms with Crippen LogP contribution in [-0.2, 0) is 4.79 Å². The van der Waals surface area contributed by atoms with Crippen LogP contribution in [0.1, 0.15) is 53.9 Å². The molecule has 1 saturated heterocycles. The van der Waals surface area contributed by atoms with E-state index in [1.54, 1.807) is 0 Å². The molecule has 1 aliphatic heterocycles. The summed E-state index contributed by atoms with van der Waals surface area (Å²) in [6.45, 7) is 12.7. The van der Waals surface area contributed by atoms with Gasteiger partial charge in [-0.25, -0.2) is 0 Å². The van der Waals surface area contributed by atoms with E-state index in [0.717, 1.165) is 32.4 Å². The largest absolute Gasteiger partial charge is 0.324 e. The summed E-state index contributed by atoms with van der Waals surface area (Å²) < 4.78 is 0. The molecule has 1 N–H and O–H groups in total. The van der Waals surface area contributed by atoms with Crippen LogP contribution in [0, 0.1) is 5.92 Å². The van der Waals surface area contributed by atoms with Crippen molar-refractivity contribution < 1.29 is 4.79 Å². The van der Waals surface area contributed by atoms with E-state index in [1.165, 1.54) is 0 Å². The van der Waals surface area contributed by atoms with Crippen molar-refractivity contribution in [2.75, 3.05) is 20.1 Å². The maximum atomic E-state index is 12.5. The smallest absolute Gasteiger partial charge is 0.241 e. The highest BCUT2D eigenvalue weighted by Crippen LogP contribution is 2.20. The van der Waals surface area contributed by atoms with Gasteiger partial charge in [0, 0.05) is 19.1 Å². The Morgan fingerprint density at radius 1 is 1.30 bits per heavy atom. The average molecular weight is 283 g/mol. The quantitative estimate of drug-likeness (QED) is 0.742. The molecule has 0 spiro atoms. The molecule has 1 heterocycles. The van der Waals surface area contributed by atoms with Gasteiger partial charge in [0.15, 0.2) is 0 Å². The summed E-state index contributed by atoms with van der Waals surface area (Å²) in [5.41, 5.74) is 0. The number of hydrogen-bond donors (Lipinski definition) is 1. The Morgan fingerprint density at radius 3 is 2.45 bits per heavy atom. The topological polar surface area (TPSA) is 35.6 Å². The van der Waals surface area contributed by atoms with E-state index in [2.05, 4.69) is 56.8 Å². The Labute approximate surface area is 124 Å². The second kappa shape index (κ2) is 7.99. The van der Waals surface area contributed by atoms with Crippen LogP contribution >= 0.6 is 0 Å². The average Bonchev–Trinajstić information content (AvgIpc) is 2.73. The zero-order chi connectivity index (χ0) is 15.3. The normalized spacial score (nSPS) is 25.0. The molecule has 4 heteroatoms. The van der Waals surface area contributed by atoms with E-state index < -0.39 is 0 Å². The van der Waals surface area contributed by atoms with Crippen LogP contribution in [0.5, 0.6) is 0 Å². The second-order valence-corrected chi connectivity index (χ2v) is 6.47. The molecular formula is C16H33N3O. The highest BCUT2D eigenvalue weighted by Gasteiger charge is 2.39. The van der Waals surface area contributed by atoms with Crippen LogP contribution in [0.3, 0.4) is 0 Å². The number of amides is 1. The molecule has 0 aromatic rings. The zero-order valence-electron chi connectivity index (χ0n) is 14.1.